The number of carbonyl (C=O) groups is 1. The Bertz CT molecular complexity index is 1170. The highest BCUT2D eigenvalue weighted by Crippen LogP contribution is 2.30. The summed E-state index contributed by atoms with van der Waals surface area (Å²) < 4.78 is 44.7. The third-order valence-electron chi connectivity index (χ3n) is 4.33. The molecule has 0 bridgehead atoms. The predicted octanol–water partition coefficient (Wildman–Crippen LogP) is 4.61. The number of carboxylic acid groups (broad SMARTS) is 1. The van der Waals surface area contributed by atoms with Crippen LogP contribution < -0.4 is 4.74 Å². The first kappa shape index (κ1) is 22.6. The van der Waals surface area contributed by atoms with Crippen LogP contribution in [-0.4, -0.2) is 40.7 Å². The number of benzene rings is 2. The highest BCUT2D eigenvalue weighted by Gasteiger charge is 2.28. The third-order valence-corrected chi connectivity index (χ3v) is 4.33. The number of hydrogen-bond acceptors (Lipinski definition) is 6. The summed E-state index contributed by atoms with van der Waals surface area (Å²) in [5.74, 6) is -1.44. The summed E-state index contributed by atoms with van der Waals surface area (Å²) in [5, 5.41) is 28.3. The normalized spacial score (nSPS) is 11.1. The maximum atomic E-state index is 12.0. The molecule has 7 nitrogen and oxygen atoms in total. The van der Waals surface area contributed by atoms with E-state index in [-0.39, 0.29) is 17.9 Å². The van der Waals surface area contributed by atoms with Crippen molar-refractivity contribution < 1.29 is 37.7 Å². The van der Waals surface area contributed by atoms with Crippen LogP contribution in [0.15, 0.2) is 54.7 Å². The summed E-state index contributed by atoms with van der Waals surface area (Å²) in [6.45, 7) is -0.921. The second kappa shape index (κ2) is 9.36. The highest BCUT2D eigenvalue weighted by atomic mass is 19.4. The molecule has 2 N–H and O–H groups in total. The Morgan fingerprint density at radius 3 is 2.38 bits per heavy atom. The van der Waals surface area contributed by atoms with Crippen molar-refractivity contribution >= 4 is 5.97 Å². The second-order valence-corrected chi connectivity index (χ2v) is 6.43. The average Bonchev–Trinajstić information content (AvgIpc) is 2.76. The molecule has 0 unspecified atom stereocenters. The van der Waals surface area contributed by atoms with Gasteiger partial charge in [-0.05, 0) is 35.4 Å². The molecule has 0 aliphatic carbocycles. The molecule has 1 heterocycles. The fourth-order valence-electron chi connectivity index (χ4n) is 2.87. The van der Waals surface area contributed by atoms with Gasteiger partial charge in [-0.2, -0.15) is 5.26 Å². The number of nitriles is 1. The summed E-state index contributed by atoms with van der Waals surface area (Å²) in [7, 11) is 0. The fourth-order valence-corrected chi connectivity index (χ4v) is 2.87. The van der Waals surface area contributed by atoms with Crippen LogP contribution in [0.4, 0.5) is 13.2 Å². The number of nitrogens with zero attached hydrogens (tertiary/aromatic N) is 2. The highest BCUT2D eigenvalue weighted by molar-refractivity contribution is 5.92. The van der Waals surface area contributed by atoms with Gasteiger partial charge in [0.1, 0.15) is 23.7 Å². The zero-order valence-electron chi connectivity index (χ0n) is 16.3. The van der Waals surface area contributed by atoms with Crippen LogP contribution in [0.25, 0.3) is 22.4 Å². The van der Waals surface area contributed by atoms with Crippen LogP contribution in [0.1, 0.15) is 15.9 Å². The van der Waals surface area contributed by atoms with E-state index < -0.39 is 24.7 Å². The van der Waals surface area contributed by atoms with E-state index in [0.717, 1.165) is 6.20 Å². The summed E-state index contributed by atoms with van der Waals surface area (Å²) in [5.41, 5.74) is 1.98. The average molecular weight is 444 g/mol. The van der Waals surface area contributed by atoms with Gasteiger partial charge in [0.2, 0.25) is 0 Å². The Morgan fingerprint density at radius 1 is 1.06 bits per heavy atom. The quantitative estimate of drug-likeness (QED) is 0.512. The Balaban J connectivity index is 1.79. The van der Waals surface area contributed by atoms with Gasteiger partial charge in [-0.25, -0.2) is 4.79 Å². The molecule has 0 spiro atoms. The molecule has 2 aromatic carbocycles. The Hall–Kier alpha value is -4.10. The minimum absolute atomic E-state index is 0.271. The number of hydrogen-bond donors (Lipinski definition) is 2. The third kappa shape index (κ3) is 5.53. The zero-order chi connectivity index (χ0) is 23.3. The van der Waals surface area contributed by atoms with Crippen molar-refractivity contribution in [2.24, 2.45) is 0 Å². The van der Waals surface area contributed by atoms with Gasteiger partial charge in [-0.1, -0.05) is 24.3 Å². The molecule has 0 saturated carbocycles. The van der Waals surface area contributed by atoms with Gasteiger partial charge in [0.25, 0.3) is 0 Å². The number of pyridine rings is 1. The number of rotatable bonds is 7. The van der Waals surface area contributed by atoms with Crippen molar-refractivity contribution in [3.8, 4) is 40.0 Å². The van der Waals surface area contributed by atoms with E-state index in [1.807, 2.05) is 0 Å². The lowest BCUT2D eigenvalue weighted by Crippen LogP contribution is -2.18. The lowest BCUT2D eigenvalue weighted by atomic mass is 9.96. The summed E-state index contributed by atoms with van der Waals surface area (Å²) >= 11 is 0. The Kier molecular flexibility index (Phi) is 6.61. The smallest absolute Gasteiger partial charge is 0.505 e. The van der Waals surface area contributed by atoms with Gasteiger partial charge in [0.15, 0.2) is 0 Å². The number of alkyl halides is 3. The monoisotopic (exact) mass is 444 g/mol. The van der Waals surface area contributed by atoms with E-state index in [0.29, 0.717) is 28.0 Å². The Labute approximate surface area is 179 Å². The molecule has 32 heavy (non-hydrogen) atoms. The molecule has 0 aliphatic heterocycles. The first-order chi connectivity index (χ1) is 15.2. The molecule has 3 rings (SSSR count). The van der Waals surface area contributed by atoms with Crippen LogP contribution >= 0.6 is 0 Å². The number of ether oxygens (including phenoxy) is 2. The van der Waals surface area contributed by atoms with E-state index in [1.54, 1.807) is 42.5 Å². The minimum atomic E-state index is -4.71. The fraction of sp³-hybridized carbons (Fsp3) is 0.136. The van der Waals surface area contributed by atoms with Gasteiger partial charge in [0.05, 0.1) is 30.1 Å². The Morgan fingerprint density at radius 2 is 1.75 bits per heavy atom. The lowest BCUT2D eigenvalue weighted by Gasteiger charge is -2.11. The largest absolute Gasteiger partial charge is 0.522 e. The van der Waals surface area contributed by atoms with Gasteiger partial charge in [0, 0.05) is 5.56 Å². The summed E-state index contributed by atoms with van der Waals surface area (Å²) in [4.78, 5) is 15.2. The number of aromatic nitrogens is 1. The number of aromatic carboxylic acids is 1. The van der Waals surface area contributed by atoms with E-state index >= 15 is 0 Å². The molecular weight excluding hydrogens is 429 g/mol. The van der Waals surface area contributed by atoms with Crippen molar-refractivity contribution in [1.29, 1.82) is 5.26 Å². The van der Waals surface area contributed by atoms with Crippen LogP contribution in [0, 0.1) is 11.3 Å². The van der Waals surface area contributed by atoms with Crippen molar-refractivity contribution in [1.82, 2.24) is 4.98 Å². The standard InChI is InChI=1S/C22H15F3N2O5/c23-22(24,25)32-8-7-31-16-4-1-13(2-5-16)17-6-3-14(9-15(17)11-26)19-10-18(21(29)30)20(28)12-27-19/h1-6,9-10,12,28H,7-8H2,(H,29,30). The van der Waals surface area contributed by atoms with E-state index in [9.17, 15) is 28.3 Å². The van der Waals surface area contributed by atoms with Crippen molar-refractivity contribution in [3.05, 3.63) is 65.9 Å². The van der Waals surface area contributed by atoms with Crippen molar-refractivity contribution in [2.75, 3.05) is 13.2 Å². The van der Waals surface area contributed by atoms with Crippen molar-refractivity contribution in [2.45, 2.75) is 6.36 Å². The van der Waals surface area contributed by atoms with Crippen LogP contribution in [0.5, 0.6) is 11.5 Å². The molecule has 0 aliphatic rings. The van der Waals surface area contributed by atoms with Crippen LogP contribution in [0.2, 0.25) is 0 Å². The molecule has 0 fully saturated rings. The van der Waals surface area contributed by atoms with Gasteiger partial charge >= 0.3 is 12.3 Å². The molecule has 0 radical (unpaired) electrons. The SMILES string of the molecule is N#Cc1cc(-c2cc(C(=O)O)c(O)cn2)ccc1-c1ccc(OCCOC(F)(F)F)cc1. The van der Waals surface area contributed by atoms with E-state index in [4.69, 9.17) is 9.84 Å². The summed E-state index contributed by atoms with van der Waals surface area (Å²) in [6.07, 6.45) is -3.69. The first-order valence-electron chi connectivity index (χ1n) is 9.08. The minimum Gasteiger partial charge on any atom is -0.505 e. The molecule has 0 amide bonds. The van der Waals surface area contributed by atoms with Crippen LogP contribution in [-0.2, 0) is 4.74 Å². The number of halogens is 3. The van der Waals surface area contributed by atoms with Crippen molar-refractivity contribution in [3.63, 3.8) is 0 Å². The molecule has 3 aromatic rings. The van der Waals surface area contributed by atoms with E-state index in [1.165, 1.54) is 6.07 Å². The van der Waals surface area contributed by atoms with Gasteiger partial charge in [-0.15, -0.1) is 13.2 Å². The summed E-state index contributed by atoms with van der Waals surface area (Å²) in [6, 6.07) is 14.6. The van der Waals surface area contributed by atoms with Gasteiger partial charge < -0.3 is 14.9 Å². The van der Waals surface area contributed by atoms with E-state index in [2.05, 4.69) is 15.8 Å². The molecule has 10 heteroatoms. The number of carboxylic acids is 1. The molecule has 0 saturated heterocycles. The maximum Gasteiger partial charge on any atom is 0.522 e. The first-order valence-corrected chi connectivity index (χ1v) is 9.08. The number of aromatic hydroxyl groups is 1. The van der Waals surface area contributed by atoms with Crippen LogP contribution in [0.3, 0.4) is 0 Å². The predicted molar refractivity (Wildman–Crippen MR) is 106 cm³/mol. The second-order valence-electron chi connectivity index (χ2n) is 6.43. The lowest BCUT2D eigenvalue weighted by molar-refractivity contribution is -0.325. The van der Waals surface area contributed by atoms with Gasteiger partial charge in [-0.3, -0.25) is 9.72 Å². The molecule has 1 aromatic heterocycles. The molecular formula is C22H15F3N2O5. The topological polar surface area (TPSA) is 113 Å². The zero-order valence-corrected chi connectivity index (χ0v) is 16.3. The molecule has 164 valence electrons. The maximum absolute atomic E-state index is 12.0. The molecule has 0 atom stereocenters.